The van der Waals surface area contributed by atoms with Crippen LogP contribution in [0.4, 0.5) is 11.4 Å². The molecular weight excluding hydrogens is 366 g/mol. The van der Waals surface area contributed by atoms with E-state index in [1.807, 2.05) is 24.3 Å². The lowest BCUT2D eigenvalue weighted by atomic mass is 9.98. The molecule has 0 atom stereocenters. The molecule has 0 spiro atoms. The standard InChI is InChI=1S/C28H19NO/c1-2-11-23-19(7-1)8-6-13-24(23)20-9-5-10-21(17-20)29-22-15-16-28-26(18-22)25-12-3-4-14-27(25)30-28/h1-18,29H. The molecule has 0 amide bonds. The Hall–Kier alpha value is -4.04. The van der Waals surface area contributed by atoms with Gasteiger partial charge in [0.2, 0.25) is 0 Å². The van der Waals surface area contributed by atoms with Gasteiger partial charge in [-0.2, -0.15) is 0 Å². The zero-order valence-electron chi connectivity index (χ0n) is 16.3. The third-order valence-electron chi connectivity index (χ3n) is 5.63. The Morgan fingerprint density at radius 2 is 1.23 bits per heavy atom. The molecule has 5 aromatic carbocycles. The van der Waals surface area contributed by atoms with Crippen molar-refractivity contribution in [1.82, 2.24) is 0 Å². The SMILES string of the molecule is c1cc(Nc2ccc3oc4ccccc4c3c2)cc(-c2cccc3ccccc23)c1. The Bertz CT molecular complexity index is 1520. The first-order valence-electron chi connectivity index (χ1n) is 10.1. The molecule has 142 valence electrons. The van der Waals surface area contributed by atoms with Crippen molar-refractivity contribution in [2.75, 3.05) is 5.32 Å². The molecule has 2 heteroatoms. The quantitative estimate of drug-likeness (QED) is 0.332. The van der Waals surface area contributed by atoms with Crippen LogP contribution in [0.3, 0.4) is 0 Å². The van der Waals surface area contributed by atoms with Crippen LogP contribution in [0, 0.1) is 0 Å². The summed E-state index contributed by atoms with van der Waals surface area (Å²) in [7, 11) is 0. The van der Waals surface area contributed by atoms with Gasteiger partial charge in [0.25, 0.3) is 0 Å². The number of hydrogen-bond donors (Lipinski definition) is 1. The second-order valence-electron chi connectivity index (χ2n) is 7.54. The van der Waals surface area contributed by atoms with E-state index in [4.69, 9.17) is 4.42 Å². The molecule has 6 rings (SSSR count). The van der Waals surface area contributed by atoms with Gasteiger partial charge in [-0.1, -0.05) is 72.8 Å². The third kappa shape index (κ3) is 2.82. The van der Waals surface area contributed by atoms with Crippen LogP contribution in [0.1, 0.15) is 0 Å². The highest BCUT2D eigenvalue weighted by Crippen LogP contribution is 2.33. The van der Waals surface area contributed by atoms with Crippen LogP contribution < -0.4 is 5.32 Å². The van der Waals surface area contributed by atoms with E-state index in [0.29, 0.717) is 0 Å². The average molecular weight is 385 g/mol. The summed E-state index contributed by atoms with van der Waals surface area (Å²) >= 11 is 0. The van der Waals surface area contributed by atoms with Gasteiger partial charge in [0.05, 0.1) is 0 Å². The molecule has 6 aromatic rings. The number of furan rings is 1. The summed E-state index contributed by atoms with van der Waals surface area (Å²) in [6, 6.07) is 38.0. The molecule has 1 aromatic heterocycles. The Kier molecular flexibility index (Phi) is 3.82. The van der Waals surface area contributed by atoms with Crippen LogP contribution >= 0.6 is 0 Å². The molecule has 1 heterocycles. The van der Waals surface area contributed by atoms with Gasteiger partial charge in [-0.25, -0.2) is 0 Å². The lowest BCUT2D eigenvalue weighted by Gasteiger charge is -2.11. The maximum atomic E-state index is 5.95. The van der Waals surface area contributed by atoms with Crippen molar-refractivity contribution in [3.8, 4) is 11.1 Å². The van der Waals surface area contributed by atoms with Crippen LogP contribution in [0.2, 0.25) is 0 Å². The number of anilines is 2. The van der Waals surface area contributed by atoms with Crippen molar-refractivity contribution in [1.29, 1.82) is 0 Å². The fourth-order valence-electron chi connectivity index (χ4n) is 4.21. The van der Waals surface area contributed by atoms with Gasteiger partial charge in [-0.15, -0.1) is 0 Å². The van der Waals surface area contributed by atoms with Crippen LogP contribution in [0.5, 0.6) is 0 Å². The summed E-state index contributed by atoms with van der Waals surface area (Å²) in [5, 5.41) is 8.35. The van der Waals surface area contributed by atoms with Crippen LogP contribution in [-0.2, 0) is 0 Å². The Morgan fingerprint density at radius 1 is 0.500 bits per heavy atom. The molecule has 0 aliphatic carbocycles. The number of fused-ring (bicyclic) bond motifs is 4. The maximum Gasteiger partial charge on any atom is 0.135 e. The van der Waals surface area contributed by atoms with Crippen LogP contribution in [0.15, 0.2) is 114 Å². The van der Waals surface area contributed by atoms with Gasteiger partial charge in [0, 0.05) is 22.1 Å². The van der Waals surface area contributed by atoms with E-state index >= 15 is 0 Å². The normalized spacial score (nSPS) is 11.3. The lowest BCUT2D eigenvalue weighted by molar-refractivity contribution is 0.669. The zero-order chi connectivity index (χ0) is 19.9. The second kappa shape index (κ2) is 6.78. The Balaban J connectivity index is 1.40. The first kappa shape index (κ1) is 16.9. The molecule has 0 saturated heterocycles. The van der Waals surface area contributed by atoms with Gasteiger partial charge >= 0.3 is 0 Å². The van der Waals surface area contributed by atoms with Gasteiger partial charge < -0.3 is 9.73 Å². The Labute approximate surface area is 174 Å². The average Bonchev–Trinajstić information content (AvgIpc) is 3.17. The molecule has 0 aliphatic rings. The number of rotatable bonds is 3. The van der Waals surface area contributed by atoms with E-state index < -0.39 is 0 Å². The van der Waals surface area contributed by atoms with Crippen molar-refractivity contribution in [3.05, 3.63) is 109 Å². The molecule has 0 aliphatic heterocycles. The molecule has 0 bridgehead atoms. The van der Waals surface area contributed by atoms with Gasteiger partial charge in [0.15, 0.2) is 0 Å². The van der Waals surface area contributed by atoms with E-state index in [2.05, 4.69) is 90.2 Å². The number of hydrogen-bond acceptors (Lipinski definition) is 2. The van der Waals surface area contributed by atoms with Crippen LogP contribution in [-0.4, -0.2) is 0 Å². The predicted molar refractivity (Wildman–Crippen MR) is 126 cm³/mol. The van der Waals surface area contributed by atoms with Crippen molar-refractivity contribution >= 4 is 44.1 Å². The van der Waals surface area contributed by atoms with E-state index in [1.54, 1.807) is 0 Å². The summed E-state index contributed by atoms with van der Waals surface area (Å²) in [6.07, 6.45) is 0. The molecule has 0 saturated carbocycles. The zero-order valence-corrected chi connectivity index (χ0v) is 16.3. The first-order chi connectivity index (χ1) is 14.8. The van der Waals surface area contributed by atoms with E-state index in [-0.39, 0.29) is 0 Å². The van der Waals surface area contributed by atoms with Crippen molar-refractivity contribution in [3.63, 3.8) is 0 Å². The highest BCUT2D eigenvalue weighted by molar-refractivity contribution is 6.06. The summed E-state index contributed by atoms with van der Waals surface area (Å²) in [5.41, 5.74) is 6.38. The predicted octanol–water partition coefficient (Wildman–Crippen LogP) is 8.15. The molecule has 0 fully saturated rings. The first-order valence-corrected chi connectivity index (χ1v) is 10.1. The Morgan fingerprint density at radius 3 is 2.20 bits per heavy atom. The van der Waals surface area contributed by atoms with E-state index in [0.717, 1.165) is 33.3 Å². The second-order valence-corrected chi connectivity index (χ2v) is 7.54. The summed E-state index contributed by atoms with van der Waals surface area (Å²) in [4.78, 5) is 0. The monoisotopic (exact) mass is 385 g/mol. The molecule has 1 N–H and O–H groups in total. The highest BCUT2D eigenvalue weighted by Gasteiger charge is 2.08. The van der Waals surface area contributed by atoms with E-state index in [1.165, 1.54) is 21.9 Å². The maximum absolute atomic E-state index is 5.95. The molecular formula is C28H19NO. The van der Waals surface area contributed by atoms with Crippen molar-refractivity contribution in [2.24, 2.45) is 0 Å². The topological polar surface area (TPSA) is 25.2 Å². The summed E-state index contributed by atoms with van der Waals surface area (Å²) in [6.45, 7) is 0. The molecule has 0 radical (unpaired) electrons. The van der Waals surface area contributed by atoms with Gasteiger partial charge in [-0.3, -0.25) is 0 Å². The minimum Gasteiger partial charge on any atom is -0.456 e. The largest absolute Gasteiger partial charge is 0.456 e. The highest BCUT2D eigenvalue weighted by atomic mass is 16.3. The minimum absolute atomic E-state index is 0.909. The summed E-state index contributed by atoms with van der Waals surface area (Å²) in [5.74, 6) is 0. The number of benzene rings is 5. The molecule has 30 heavy (non-hydrogen) atoms. The van der Waals surface area contributed by atoms with Crippen molar-refractivity contribution < 1.29 is 4.42 Å². The molecule has 0 unspecified atom stereocenters. The fourth-order valence-corrected chi connectivity index (χ4v) is 4.21. The smallest absolute Gasteiger partial charge is 0.135 e. The minimum atomic E-state index is 0.909. The van der Waals surface area contributed by atoms with Gasteiger partial charge in [-0.05, 0) is 58.3 Å². The third-order valence-corrected chi connectivity index (χ3v) is 5.63. The number of para-hydroxylation sites is 1. The number of nitrogens with one attached hydrogen (secondary N) is 1. The van der Waals surface area contributed by atoms with Crippen LogP contribution in [0.25, 0.3) is 43.8 Å². The van der Waals surface area contributed by atoms with E-state index in [9.17, 15) is 0 Å². The lowest BCUT2D eigenvalue weighted by Crippen LogP contribution is -1.90. The summed E-state index contributed by atoms with van der Waals surface area (Å²) < 4.78 is 5.95. The van der Waals surface area contributed by atoms with Gasteiger partial charge in [0.1, 0.15) is 11.2 Å². The fraction of sp³-hybridized carbons (Fsp3) is 0. The van der Waals surface area contributed by atoms with Crippen molar-refractivity contribution in [2.45, 2.75) is 0 Å². The molecule has 2 nitrogen and oxygen atoms in total.